The Balaban J connectivity index is 2.34. The molecular formula is C18H31N3O6Si. The molecule has 1 aromatic rings. The number of nitrogens with one attached hydrogen (secondary N) is 1. The number of aliphatic hydroxyl groups is 1. The Labute approximate surface area is 166 Å². The summed E-state index contributed by atoms with van der Waals surface area (Å²) in [5.74, 6) is -0.159. The first-order chi connectivity index (χ1) is 12.9. The highest BCUT2D eigenvalue weighted by molar-refractivity contribution is 6.74. The van der Waals surface area contributed by atoms with Crippen molar-refractivity contribution < 1.29 is 23.8 Å². The minimum absolute atomic E-state index is 0.0399. The third kappa shape index (κ3) is 4.69. The van der Waals surface area contributed by atoms with Crippen molar-refractivity contribution in [3.63, 3.8) is 0 Å². The number of hydrogen-bond donors (Lipinski definition) is 2. The molecule has 0 unspecified atom stereocenters. The van der Waals surface area contributed by atoms with Gasteiger partial charge in [-0.2, -0.15) is 4.98 Å². The monoisotopic (exact) mass is 413 g/mol. The molecule has 0 aromatic carbocycles. The van der Waals surface area contributed by atoms with Crippen LogP contribution >= 0.6 is 0 Å². The van der Waals surface area contributed by atoms with E-state index < -0.39 is 38.5 Å². The van der Waals surface area contributed by atoms with E-state index in [2.05, 4.69) is 44.2 Å². The third-order valence-corrected chi connectivity index (χ3v) is 9.86. The lowest BCUT2D eigenvalue weighted by atomic mass is 10.1. The fraction of sp³-hybridized carbons (Fsp3) is 0.722. The average Bonchev–Trinajstić information content (AvgIpc) is 2.90. The molecule has 1 aliphatic rings. The first-order valence-electron chi connectivity index (χ1n) is 9.25. The summed E-state index contributed by atoms with van der Waals surface area (Å²) < 4.78 is 19.3. The van der Waals surface area contributed by atoms with Crippen molar-refractivity contribution >= 4 is 20.0 Å². The van der Waals surface area contributed by atoms with Gasteiger partial charge in [0.25, 0.3) is 0 Å². The van der Waals surface area contributed by atoms with Crippen molar-refractivity contribution in [2.45, 2.75) is 70.4 Å². The molecular weight excluding hydrogens is 382 g/mol. The van der Waals surface area contributed by atoms with Crippen LogP contribution in [-0.4, -0.2) is 60.9 Å². The lowest BCUT2D eigenvalue weighted by Crippen LogP contribution is -2.50. The summed E-state index contributed by atoms with van der Waals surface area (Å²) in [6.45, 7) is 11.7. The van der Waals surface area contributed by atoms with Crippen LogP contribution < -0.4 is 11.0 Å². The second-order valence-corrected chi connectivity index (χ2v) is 13.2. The van der Waals surface area contributed by atoms with Crippen LogP contribution in [0.25, 0.3) is 0 Å². The standard InChI is InChI=1S/C18H31N3O6Si/c1-11(23)19-13-8-9-21(17(24)20-13)16-15(25-5)14(12(10-22)26-16)27-28(6,7)18(2,3)4/h8-9,12,14-16,22H,10H2,1-7H3,(H,19,20,23,24)/t12-,14-,15-,16-/m1/s1. The number of aromatic nitrogens is 2. The summed E-state index contributed by atoms with van der Waals surface area (Å²) in [5, 5.41) is 12.3. The summed E-state index contributed by atoms with van der Waals surface area (Å²) in [6, 6.07) is 1.51. The van der Waals surface area contributed by atoms with Gasteiger partial charge in [0, 0.05) is 20.2 Å². The molecule has 1 fully saturated rings. The predicted octanol–water partition coefficient (Wildman–Crippen LogP) is 1.50. The Morgan fingerprint density at radius 3 is 2.50 bits per heavy atom. The van der Waals surface area contributed by atoms with Crippen molar-refractivity contribution in [2.24, 2.45) is 0 Å². The number of carbonyl (C=O) groups is 1. The summed E-state index contributed by atoms with van der Waals surface area (Å²) in [7, 11) is -0.658. The molecule has 1 aromatic heterocycles. The topological polar surface area (TPSA) is 112 Å². The zero-order valence-corrected chi connectivity index (χ0v) is 18.6. The van der Waals surface area contributed by atoms with E-state index in [0.717, 1.165) is 0 Å². The average molecular weight is 414 g/mol. The molecule has 28 heavy (non-hydrogen) atoms. The van der Waals surface area contributed by atoms with Gasteiger partial charge in [-0.25, -0.2) is 4.79 Å². The van der Waals surface area contributed by atoms with Crippen molar-refractivity contribution in [3.8, 4) is 0 Å². The van der Waals surface area contributed by atoms with Crippen molar-refractivity contribution in [1.82, 2.24) is 9.55 Å². The van der Waals surface area contributed by atoms with Gasteiger partial charge in [-0.05, 0) is 24.2 Å². The minimum atomic E-state index is -2.18. The van der Waals surface area contributed by atoms with E-state index in [1.54, 1.807) is 0 Å². The number of carbonyl (C=O) groups excluding carboxylic acids is 1. The molecule has 2 N–H and O–H groups in total. The van der Waals surface area contributed by atoms with Gasteiger partial charge < -0.3 is 24.3 Å². The van der Waals surface area contributed by atoms with Gasteiger partial charge in [0.05, 0.1) is 6.61 Å². The second kappa shape index (κ2) is 8.42. The number of ether oxygens (including phenoxy) is 2. The molecule has 0 bridgehead atoms. The van der Waals surface area contributed by atoms with Crippen LogP contribution in [0.1, 0.15) is 33.9 Å². The quantitative estimate of drug-likeness (QED) is 0.680. The van der Waals surface area contributed by atoms with Crippen molar-refractivity contribution in [1.29, 1.82) is 0 Å². The molecule has 2 heterocycles. The highest BCUT2D eigenvalue weighted by atomic mass is 28.4. The molecule has 1 aliphatic heterocycles. The highest BCUT2D eigenvalue weighted by Crippen LogP contribution is 2.41. The smallest absolute Gasteiger partial charge is 0.351 e. The van der Waals surface area contributed by atoms with E-state index in [4.69, 9.17) is 13.9 Å². The maximum Gasteiger partial charge on any atom is 0.351 e. The van der Waals surface area contributed by atoms with E-state index in [1.165, 1.54) is 30.9 Å². The summed E-state index contributed by atoms with van der Waals surface area (Å²) in [5.41, 5.74) is -0.594. The van der Waals surface area contributed by atoms with Crippen molar-refractivity contribution in [3.05, 3.63) is 22.7 Å². The molecule has 1 saturated heterocycles. The number of nitrogens with zero attached hydrogens (tertiary/aromatic N) is 2. The first-order valence-corrected chi connectivity index (χ1v) is 12.2. The second-order valence-electron chi connectivity index (χ2n) is 8.47. The molecule has 4 atom stereocenters. The number of aliphatic hydroxyl groups excluding tert-OH is 1. The van der Waals surface area contributed by atoms with Gasteiger partial charge in [0.1, 0.15) is 24.1 Å². The molecule has 10 heteroatoms. The number of amides is 1. The van der Waals surface area contributed by atoms with E-state index >= 15 is 0 Å². The maximum atomic E-state index is 12.5. The van der Waals surface area contributed by atoms with Crippen LogP contribution in [0.3, 0.4) is 0 Å². The molecule has 0 radical (unpaired) electrons. The fourth-order valence-electron chi connectivity index (χ4n) is 2.85. The van der Waals surface area contributed by atoms with Crippen LogP contribution in [0, 0.1) is 0 Å². The normalized spacial score (nSPS) is 25.7. The fourth-order valence-corrected chi connectivity index (χ4v) is 4.17. The Hall–Kier alpha value is -1.59. The van der Waals surface area contributed by atoms with Gasteiger partial charge in [-0.1, -0.05) is 20.8 Å². The minimum Gasteiger partial charge on any atom is -0.408 e. The van der Waals surface area contributed by atoms with Crippen LogP contribution in [0.4, 0.5) is 5.82 Å². The van der Waals surface area contributed by atoms with E-state index in [9.17, 15) is 14.7 Å². The van der Waals surface area contributed by atoms with Crippen LogP contribution in [0.5, 0.6) is 0 Å². The van der Waals surface area contributed by atoms with E-state index in [1.807, 2.05) is 0 Å². The lowest BCUT2D eigenvalue weighted by Gasteiger charge is -2.40. The largest absolute Gasteiger partial charge is 0.408 e. The molecule has 0 spiro atoms. The summed E-state index contributed by atoms with van der Waals surface area (Å²) >= 11 is 0. The Bertz CT molecular complexity index is 760. The van der Waals surface area contributed by atoms with Gasteiger partial charge in [0.2, 0.25) is 5.91 Å². The van der Waals surface area contributed by atoms with E-state index in [0.29, 0.717) is 0 Å². The Kier molecular flexibility index (Phi) is 6.82. The van der Waals surface area contributed by atoms with Gasteiger partial charge in [-0.15, -0.1) is 0 Å². The zero-order chi connectivity index (χ0) is 21.3. The van der Waals surface area contributed by atoms with Gasteiger partial charge in [-0.3, -0.25) is 9.36 Å². The maximum absolute atomic E-state index is 12.5. The first kappa shape index (κ1) is 22.7. The molecule has 9 nitrogen and oxygen atoms in total. The van der Waals surface area contributed by atoms with Gasteiger partial charge >= 0.3 is 5.69 Å². The third-order valence-electron chi connectivity index (χ3n) is 5.38. The molecule has 0 aliphatic carbocycles. The lowest BCUT2D eigenvalue weighted by molar-refractivity contribution is -0.114. The number of hydrogen-bond acceptors (Lipinski definition) is 7. The SMILES string of the molecule is CO[C@@H]1[C@H](O[Si](C)(C)C(C)(C)C)[C@@H](CO)O[C@H]1n1ccc(NC(C)=O)nc1=O. The summed E-state index contributed by atoms with van der Waals surface area (Å²) in [4.78, 5) is 27.5. The van der Waals surface area contributed by atoms with Gasteiger partial charge in [0.15, 0.2) is 14.5 Å². The predicted molar refractivity (Wildman–Crippen MR) is 107 cm³/mol. The van der Waals surface area contributed by atoms with Crippen LogP contribution in [-0.2, 0) is 18.7 Å². The number of anilines is 1. The summed E-state index contributed by atoms with van der Waals surface area (Å²) in [6.07, 6.45) is -1.07. The number of methoxy groups -OCH3 is 1. The highest BCUT2D eigenvalue weighted by Gasteiger charge is 2.51. The molecule has 158 valence electrons. The zero-order valence-electron chi connectivity index (χ0n) is 17.6. The number of rotatable bonds is 6. The van der Waals surface area contributed by atoms with Crippen molar-refractivity contribution in [2.75, 3.05) is 19.0 Å². The molecule has 1 amide bonds. The Morgan fingerprint density at radius 2 is 2.04 bits per heavy atom. The Morgan fingerprint density at radius 1 is 1.39 bits per heavy atom. The van der Waals surface area contributed by atoms with E-state index in [-0.39, 0.29) is 23.4 Å². The van der Waals surface area contributed by atoms with Crippen LogP contribution in [0.15, 0.2) is 17.1 Å². The molecule has 0 saturated carbocycles. The van der Waals surface area contributed by atoms with Crippen LogP contribution in [0.2, 0.25) is 18.1 Å². The molecule has 2 rings (SSSR count).